The summed E-state index contributed by atoms with van der Waals surface area (Å²) in [5.41, 5.74) is 0.152. The highest BCUT2D eigenvalue weighted by molar-refractivity contribution is 5.78. The summed E-state index contributed by atoms with van der Waals surface area (Å²) in [6.07, 6.45) is -4.48. The van der Waals surface area contributed by atoms with Crippen molar-refractivity contribution in [3.05, 3.63) is 71.3 Å². The van der Waals surface area contributed by atoms with Crippen LogP contribution in [0.1, 0.15) is 56.7 Å². The highest BCUT2D eigenvalue weighted by atomic mass is 19.4. The second-order valence-corrected chi connectivity index (χ2v) is 7.24. The minimum Gasteiger partial charge on any atom is -0.338 e. The van der Waals surface area contributed by atoms with Gasteiger partial charge in [-0.1, -0.05) is 48.5 Å². The third-order valence-corrected chi connectivity index (χ3v) is 4.62. The molecule has 1 amide bonds. The van der Waals surface area contributed by atoms with Crippen LogP contribution in [0.15, 0.2) is 54.6 Å². The van der Waals surface area contributed by atoms with E-state index in [4.69, 9.17) is 0 Å². The van der Waals surface area contributed by atoms with Gasteiger partial charge in [-0.15, -0.1) is 0 Å². The number of carbonyl (C=O) groups is 1. The van der Waals surface area contributed by atoms with Crippen molar-refractivity contribution in [2.24, 2.45) is 0 Å². The van der Waals surface area contributed by atoms with Crippen molar-refractivity contribution in [2.75, 3.05) is 0 Å². The number of benzene rings is 2. The lowest BCUT2D eigenvalue weighted by Gasteiger charge is -2.33. The van der Waals surface area contributed by atoms with Gasteiger partial charge in [0.25, 0.3) is 0 Å². The monoisotopic (exact) mass is 377 g/mol. The molecule has 146 valence electrons. The summed E-state index contributed by atoms with van der Waals surface area (Å²) in [4.78, 5) is 14.7. The first kappa shape index (κ1) is 21.0. The summed E-state index contributed by atoms with van der Waals surface area (Å²) in [5, 5.41) is 0. The summed E-state index contributed by atoms with van der Waals surface area (Å²) >= 11 is 0. The standard InChI is InChI=1S/C22H26F3NO/c1-15(2)26(16(3)4)21(27)14-19(17-10-6-5-7-11-17)18-12-8-9-13-20(18)22(23,24)25/h5-13,15-16,19H,14H2,1-4H3. The lowest BCUT2D eigenvalue weighted by molar-refractivity contribution is -0.139. The van der Waals surface area contributed by atoms with Crippen LogP contribution in [-0.4, -0.2) is 22.9 Å². The first-order chi connectivity index (χ1) is 12.6. The van der Waals surface area contributed by atoms with Crippen molar-refractivity contribution >= 4 is 5.91 Å². The third-order valence-electron chi connectivity index (χ3n) is 4.62. The Morgan fingerprint density at radius 2 is 1.41 bits per heavy atom. The molecule has 0 aromatic heterocycles. The van der Waals surface area contributed by atoms with E-state index in [0.29, 0.717) is 5.56 Å². The fourth-order valence-corrected chi connectivity index (χ4v) is 3.60. The quantitative estimate of drug-likeness (QED) is 0.616. The second-order valence-electron chi connectivity index (χ2n) is 7.24. The lowest BCUT2D eigenvalue weighted by atomic mass is 9.85. The molecule has 2 rings (SSSR count). The van der Waals surface area contributed by atoms with Crippen LogP contribution < -0.4 is 0 Å². The van der Waals surface area contributed by atoms with Crippen LogP contribution in [0, 0.1) is 0 Å². The van der Waals surface area contributed by atoms with Gasteiger partial charge in [0, 0.05) is 24.4 Å². The maximum Gasteiger partial charge on any atom is 0.416 e. The van der Waals surface area contributed by atoms with Crippen molar-refractivity contribution in [2.45, 2.75) is 58.3 Å². The fourth-order valence-electron chi connectivity index (χ4n) is 3.60. The van der Waals surface area contributed by atoms with Gasteiger partial charge in [-0.2, -0.15) is 13.2 Å². The molecule has 0 aliphatic heterocycles. The van der Waals surface area contributed by atoms with E-state index in [-0.39, 0.29) is 30.0 Å². The zero-order valence-electron chi connectivity index (χ0n) is 16.1. The van der Waals surface area contributed by atoms with E-state index in [0.717, 1.165) is 6.07 Å². The molecule has 0 fully saturated rings. The zero-order valence-corrected chi connectivity index (χ0v) is 16.1. The van der Waals surface area contributed by atoms with Gasteiger partial charge in [0.05, 0.1) is 5.56 Å². The van der Waals surface area contributed by atoms with Gasteiger partial charge in [0.2, 0.25) is 5.91 Å². The first-order valence-corrected chi connectivity index (χ1v) is 9.15. The number of halogens is 3. The van der Waals surface area contributed by atoms with Crippen molar-refractivity contribution in [1.82, 2.24) is 4.90 Å². The van der Waals surface area contributed by atoms with Gasteiger partial charge < -0.3 is 4.90 Å². The minimum atomic E-state index is -4.47. The van der Waals surface area contributed by atoms with E-state index >= 15 is 0 Å². The molecular weight excluding hydrogens is 351 g/mol. The largest absolute Gasteiger partial charge is 0.416 e. The first-order valence-electron chi connectivity index (χ1n) is 9.15. The molecule has 0 bridgehead atoms. The van der Waals surface area contributed by atoms with E-state index in [9.17, 15) is 18.0 Å². The Labute approximate surface area is 159 Å². The van der Waals surface area contributed by atoms with Crippen LogP contribution in [0.5, 0.6) is 0 Å². The molecule has 0 spiro atoms. The Bertz CT molecular complexity index is 746. The molecule has 1 unspecified atom stereocenters. The molecule has 5 heteroatoms. The van der Waals surface area contributed by atoms with Crippen LogP contribution in [0.3, 0.4) is 0 Å². The van der Waals surface area contributed by atoms with Crippen molar-refractivity contribution < 1.29 is 18.0 Å². The third kappa shape index (κ3) is 5.12. The Balaban J connectivity index is 2.51. The topological polar surface area (TPSA) is 20.3 Å². The zero-order chi connectivity index (χ0) is 20.2. The van der Waals surface area contributed by atoms with Crippen LogP contribution in [0.4, 0.5) is 13.2 Å². The molecular formula is C22H26F3NO. The van der Waals surface area contributed by atoms with Gasteiger partial charge in [-0.05, 0) is 44.9 Å². The lowest BCUT2D eigenvalue weighted by Crippen LogP contribution is -2.42. The summed E-state index contributed by atoms with van der Waals surface area (Å²) in [7, 11) is 0. The van der Waals surface area contributed by atoms with E-state index < -0.39 is 17.7 Å². The number of alkyl halides is 3. The molecule has 2 nitrogen and oxygen atoms in total. The predicted octanol–water partition coefficient (Wildman–Crippen LogP) is 5.87. The van der Waals surface area contributed by atoms with Crippen LogP contribution in [0.25, 0.3) is 0 Å². The molecule has 0 saturated heterocycles. The number of hydrogen-bond donors (Lipinski definition) is 0. The average molecular weight is 377 g/mol. The Morgan fingerprint density at radius 1 is 0.889 bits per heavy atom. The second kappa shape index (κ2) is 8.59. The summed E-state index contributed by atoms with van der Waals surface area (Å²) in [6, 6.07) is 14.4. The molecule has 0 aliphatic rings. The summed E-state index contributed by atoms with van der Waals surface area (Å²) in [5.74, 6) is -0.803. The molecule has 0 aliphatic carbocycles. The predicted molar refractivity (Wildman–Crippen MR) is 101 cm³/mol. The SMILES string of the molecule is CC(C)N(C(=O)CC(c1ccccc1)c1ccccc1C(F)(F)F)C(C)C. The number of nitrogens with zero attached hydrogens (tertiary/aromatic N) is 1. The maximum atomic E-state index is 13.6. The van der Waals surface area contributed by atoms with Crippen LogP contribution in [0.2, 0.25) is 0 Å². The van der Waals surface area contributed by atoms with Crippen LogP contribution in [-0.2, 0) is 11.0 Å². The molecule has 1 atom stereocenters. The molecule has 2 aromatic rings. The summed E-state index contributed by atoms with van der Waals surface area (Å²) < 4.78 is 40.7. The van der Waals surface area contributed by atoms with E-state index in [1.165, 1.54) is 12.1 Å². The van der Waals surface area contributed by atoms with E-state index in [2.05, 4.69) is 0 Å². The molecule has 0 heterocycles. The Kier molecular flexibility index (Phi) is 6.68. The fraction of sp³-hybridized carbons (Fsp3) is 0.409. The molecule has 27 heavy (non-hydrogen) atoms. The average Bonchev–Trinajstić information content (AvgIpc) is 2.59. The number of hydrogen-bond acceptors (Lipinski definition) is 1. The highest BCUT2D eigenvalue weighted by Gasteiger charge is 2.36. The summed E-state index contributed by atoms with van der Waals surface area (Å²) in [6.45, 7) is 7.66. The minimum absolute atomic E-state index is 0.00648. The van der Waals surface area contributed by atoms with Gasteiger partial charge in [-0.25, -0.2) is 0 Å². The maximum absolute atomic E-state index is 13.6. The van der Waals surface area contributed by atoms with Crippen LogP contribution >= 0.6 is 0 Å². The van der Waals surface area contributed by atoms with Crippen molar-refractivity contribution in [3.8, 4) is 0 Å². The van der Waals surface area contributed by atoms with E-state index in [1.807, 2.05) is 33.8 Å². The Morgan fingerprint density at radius 3 is 1.93 bits per heavy atom. The normalized spacial score (nSPS) is 13.1. The van der Waals surface area contributed by atoms with Gasteiger partial charge in [0.15, 0.2) is 0 Å². The molecule has 2 aromatic carbocycles. The molecule has 0 radical (unpaired) electrons. The molecule has 0 saturated carbocycles. The number of amides is 1. The number of carbonyl (C=O) groups excluding carboxylic acids is 1. The number of rotatable bonds is 6. The highest BCUT2D eigenvalue weighted by Crippen LogP contribution is 2.39. The van der Waals surface area contributed by atoms with Crippen molar-refractivity contribution in [3.63, 3.8) is 0 Å². The van der Waals surface area contributed by atoms with Gasteiger partial charge in [0.1, 0.15) is 0 Å². The molecule has 0 N–H and O–H groups in total. The van der Waals surface area contributed by atoms with Crippen molar-refractivity contribution in [1.29, 1.82) is 0 Å². The van der Waals surface area contributed by atoms with E-state index in [1.54, 1.807) is 35.2 Å². The van der Waals surface area contributed by atoms with Gasteiger partial charge in [-0.3, -0.25) is 4.79 Å². The smallest absolute Gasteiger partial charge is 0.338 e. The van der Waals surface area contributed by atoms with Gasteiger partial charge >= 0.3 is 6.18 Å². The Hall–Kier alpha value is -2.30.